The molecule has 0 aliphatic rings. The van der Waals surface area contributed by atoms with Gasteiger partial charge in [-0.3, -0.25) is 0 Å². The van der Waals surface area contributed by atoms with E-state index < -0.39 is 5.90 Å². The van der Waals surface area contributed by atoms with Crippen LogP contribution in [-0.2, 0) is 0 Å². The number of furan rings is 1. The van der Waals surface area contributed by atoms with Gasteiger partial charge in [0.25, 0.3) is 0 Å². The van der Waals surface area contributed by atoms with E-state index in [0.29, 0.717) is 0 Å². The second-order valence-corrected chi connectivity index (χ2v) is 1.31. The molecule has 0 aliphatic heterocycles. The van der Waals surface area contributed by atoms with Crippen LogP contribution in [0.2, 0.25) is 0 Å². The highest BCUT2D eigenvalue weighted by atomic mass is 16.4. The minimum Gasteiger partial charge on any atom is -0.857 e. The van der Waals surface area contributed by atoms with Gasteiger partial charge in [-0.2, -0.15) is 0 Å². The summed E-state index contributed by atoms with van der Waals surface area (Å²) in [7, 11) is 0. The Kier molecular flexibility index (Phi) is 1.04. The maximum absolute atomic E-state index is 10.1. The average Bonchev–Trinajstić information content (AvgIpc) is 2.12. The van der Waals surface area contributed by atoms with Crippen molar-refractivity contribution in [3.63, 3.8) is 0 Å². The zero-order chi connectivity index (χ0) is 5.98. The zero-order valence-corrected chi connectivity index (χ0v) is 4.05. The van der Waals surface area contributed by atoms with Crippen LogP contribution in [0.4, 0.5) is 0 Å². The lowest BCUT2D eigenvalue weighted by Crippen LogP contribution is -2.15. The van der Waals surface area contributed by atoms with Gasteiger partial charge in [0.05, 0.1) is 6.26 Å². The van der Waals surface area contributed by atoms with E-state index in [1.165, 1.54) is 12.3 Å². The van der Waals surface area contributed by atoms with Crippen LogP contribution in [0.5, 0.6) is 0 Å². The Morgan fingerprint density at radius 2 is 2.50 bits per heavy atom. The molecule has 1 heterocycles. The average molecular weight is 110 g/mol. The predicted molar refractivity (Wildman–Crippen MR) is 25.5 cm³/mol. The Morgan fingerprint density at radius 1 is 1.75 bits per heavy atom. The molecule has 0 spiro atoms. The number of nitrogens with one attached hydrogen (secondary N) is 1. The Morgan fingerprint density at radius 3 is 2.75 bits per heavy atom. The summed E-state index contributed by atoms with van der Waals surface area (Å²) in [5.74, 6) is -0.694. The van der Waals surface area contributed by atoms with Gasteiger partial charge in [-0.1, -0.05) is 0 Å². The second kappa shape index (κ2) is 1.69. The highest BCUT2D eigenvalue weighted by Crippen LogP contribution is 1.95. The predicted octanol–water partition coefficient (Wildman–Crippen LogP) is -0.0347. The summed E-state index contributed by atoms with van der Waals surface area (Å²) in [6.07, 6.45) is 1.36. The molecule has 0 fully saturated rings. The topological polar surface area (TPSA) is 60.0 Å². The molecule has 0 atom stereocenters. The molecule has 1 N–H and O–H groups in total. The van der Waals surface area contributed by atoms with Crippen molar-refractivity contribution in [2.75, 3.05) is 0 Å². The van der Waals surface area contributed by atoms with Gasteiger partial charge >= 0.3 is 0 Å². The molecule has 0 aromatic carbocycles. The zero-order valence-electron chi connectivity index (χ0n) is 4.05. The second-order valence-electron chi connectivity index (χ2n) is 1.31. The summed E-state index contributed by atoms with van der Waals surface area (Å²) < 4.78 is 4.56. The van der Waals surface area contributed by atoms with Gasteiger partial charge < -0.3 is 14.9 Å². The molecule has 42 valence electrons. The molecule has 1 aromatic heterocycles. The molecule has 3 nitrogen and oxygen atoms in total. The van der Waals surface area contributed by atoms with E-state index in [4.69, 9.17) is 5.41 Å². The minimum atomic E-state index is -0.782. The Hall–Kier alpha value is -1.25. The third-order valence-electron chi connectivity index (χ3n) is 0.745. The third-order valence-corrected chi connectivity index (χ3v) is 0.745. The molecule has 0 bridgehead atoms. The number of hydrogen-bond donors (Lipinski definition) is 1. The summed E-state index contributed by atoms with van der Waals surface area (Å²) in [6.45, 7) is 0. The summed E-state index contributed by atoms with van der Waals surface area (Å²) in [5.41, 5.74) is 0. The lowest BCUT2D eigenvalue weighted by Gasteiger charge is -1.98. The first kappa shape index (κ1) is 4.90. The van der Waals surface area contributed by atoms with Crippen molar-refractivity contribution in [3.8, 4) is 0 Å². The van der Waals surface area contributed by atoms with Crippen molar-refractivity contribution >= 4 is 5.90 Å². The van der Waals surface area contributed by atoms with Crippen LogP contribution in [0.3, 0.4) is 0 Å². The van der Waals surface area contributed by atoms with Crippen molar-refractivity contribution in [1.82, 2.24) is 0 Å². The van der Waals surface area contributed by atoms with Crippen LogP contribution < -0.4 is 5.11 Å². The largest absolute Gasteiger partial charge is 0.857 e. The molecule has 0 unspecified atom stereocenters. The van der Waals surface area contributed by atoms with E-state index in [1.807, 2.05) is 0 Å². The van der Waals surface area contributed by atoms with Gasteiger partial charge in [-0.05, 0) is 12.1 Å². The first-order valence-corrected chi connectivity index (χ1v) is 2.10. The summed E-state index contributed by atoms with van der Waals surface area (Å²) in [4.78, 5) is 0. The fourth-order valence-electron chi connectivity index (χ4n) is 0.408. The molecule has 3 heteroatoms. The van der Waals surface area contributed by atoms with E-state index in [2.05, 4.69) is 4.42 Å². The highest BCUT2D eigenvalue weighted by Gasteiger charge is 1.87. The van der Waals surface area contributed by atoms with Crippen LogP contribution >= 0.6 is 0 Å². The van der Waals surface area contributed by atoms with Crippen LogP contribution in [0.1, 0.15) is 5.76 Å². The Labute approximate surface area is 46.1 Å². The smallest absolute Gasteiger partial charge is 0.136 e. The molecule has 0 amide bonds. The molecule has 1 rings (SSSR count). The molecule has 0 saturated heterocycles. The highest BCUT2D eigenvalue weighted by molar-refractivity contribution is 5.84. The minimum absolute atomic E-state index is 0.0880. The van der Waals surface area contributed by atoms with Crippen LogP contribution in [0, 0.1) is 5.41 Å². The van der Waals surface area contributed by atoms with Crippen LogP contribution in [0.15, 0.2) is 22.8 Å². The monoisotopic (exact) mass is 110 g/mol. The van der Waals surface area contributed by atoms with Crippen LogP contribution in [-0.4, -0.2) is 5.90 Å². The van der Waals surface area contributed by atoms with Gasteiger partial charge in [0.1, 0.15) is 5.76 Å². The maximum Gasteiger partial charge on any atom is 0.136 e. The lowest BCUT2D eigenvalue weighted by atomic mass is 10.5. The first-order chi connectivity index (χ1) is 3.80. The Balaban J connectivity index is 2.93. The molecular formula is C5H4NO2-. The van der Waals surface area contributed by atoms with Gasteiger partial charge in [-0.15, -0.1) is 0 Å². The SMILES string of the molecule is N=C([O-])c1ccco1. The van der Waals surface area contributed by atoms with Gasteiger partial charge in [0.2, 0.25) is 0 Å². The van der Waals surface area contributed by atoms with E-state index in [9.17, 15) is 5.11 Å². The number of hydrogen-bond acceptors (Lipinski definition) is 3. The summed E-state index contributed by atoms with van der Waals surface area (Å²) in [6, 6.07) is 3.02. The Bertz CT molecular complexity index is 178. The van der Waals surface area contributed by atoms with E-state index in [0.717, 1.165) is 0 Å². The molecule has 0 aliphatic carbocycles. The summed E-state index contributed by atoms with van der Waals surface area (Å²) >= 11 is 0. The van der Waals surface area contributed by atoms with Crippen LogP contribution in [0.25, 0.3) is 0 Å². The van der Waals surface area contributed by atoms with E-state index in [-0.39, 0.29) is 5.76 Å². The van der Waals surface area contributed by atoms with E-state index in [1.54, 1.807) is 6.07 Å². The lowest BCUT2D eigenvalue weighted by molar-refractivity contribution is -0.216. The van der Waals surface area contributed by atoms with Crippen molar-refractivity contribution in [2.45, 2.75) is 0 Å². The quantitative estimate of drug-likeness (QED) is 0.407. The van der Waals surface area contributed by atoms with Gasteiger partial charge in [0, 0.05) is 5.90 Å². The third kappa shape index (κ3) is 0.703. The first-order valence-electron chi connectivity index (χ1n) is 2.10. The number of rotatable bonds is 1. The normalized spacial score (nSPS) is 9.00. The summed E-state index contributed by atoms with van der Waals surface area (Å²) in [5, 5.41) is 16.6. The van der Waals surface area contributed by atoms with E-state index >= 15 is 0 Å². The molecule has 0 radical (unpaired) electrons. The molecule has 0 saturated carbocycles. The molecular weight excluding hydrogens is 106 g/mol. The van der Waals surface area contributed by atoms with Crippen molar-refractivity contribution in [3.05, 3.63) is 24.2 Å². The standard InChI is InChI=1S/C5H5NO2/c6-5(7)4-2-1-3-8-4/h1-3H,(H2,6,7)/p-1. The van der Waals surface area contributed by atoms with Crippen molar-refractivity contribution in [1.29, 1.82) is 5.41 Å². The van der Waals surface area contributed by atoms with Gasteiger partial charge in [-0.25, -0.2) is 0 Å². The fourth-order valence-corrected chi connectivity index (χ4v) is 0.408. The molecule has 1 aromatic rings. The molecule has 8 heavy (non-hydrogen) atoms. The van der Waals surface area contributed by atoms with Crippen molar-refractivity contribution in [2.24, 2.45) is 0 Å². The van der Waals surface area contributed by atoms with Gasteiger partial charge in [0.15, 0.2) is 0 Å². The fraction of sp³-hybridized carbons (Fsp3) is 0. The maximum atomic E-state index is 10.1. The van der Waals surface area contributed by atoms with Crippen molar-refractivity contribution < 1.29 is 9.52 Å².